The van der Waals surface area contributed by atoms with Gasteiger partial charge in [0.15, 0.2) is 0 Å². The highest BCUT2D eigenvalue weighted by atomic mass is 16.5. The molecule has 2 atom stereocenters. The minimum Gasteiger partial charge on any atom is -0.378 e. The summed E-state index contributed by atoms with van der Waals surface area (Å²) in [5.74, 6) is 0. The molecule has 0 aromatic heterocycles. The molecule has 2 nitrogen and oxygen atoms in total. The monoisotopic (exact) mass is 211 g/mol. The molecular weight excluding hydrogens is 186 g/mol. The van der Waals surface area contributed by atoms with Crippen LogP contribution in [0, 0.1) is 0 Å². The van der Waals surface area contributed by atoms with Crippen LogP contribution < -0.4 is 5.32 Å². The van der Waals surface area contributed by atoms with E-state index >= 15 is 0 Å². The highest BCUT2D eigenvalue weighted by molar-refractivity contribution is 4.72. The lowest BCUT2D eigenvalue weighted by Gasteiger charge is -2.16. The van der Waals surface area contributed by atoms with Crippen LogP contribution in [0.1, 0.15) is 57.8 Å². The molecule has 2 unspecified atom stereocenters. The van der Waals surface area contributed by atoms with Crippen LogP contribution in [0.2, 0.25) is 0 Å². The lowest BCUT2D eigenvalue weighted by molar-refractivity contribution is 0.101. The van der Waals surface area contributed by atoms with Gasteiger partial charge in [0.05, 0.1) is 6.10 Å². The van der Waals surface area contributed by atoms with Gasteiger partial charge in [0.1, 0.15) is 0 Å². The smallest absolute Gasteiger partial charge is 0.0576 e. The zero-order valence-corrected chi connectivity index (χ0v) is 9.84. The molecule has 2 rings (SSSR count). The van der Waals surface area contributed by atoms with Crippen LogP contribution in [0.3, 0.4) is 0 Å². The standard InChI is InChI=1S/C13H25NO/c1-2-6-12(14-10-3-1)7-4-8-13-9-5-11-15-13/h12-14H,1-11H2. The van der Waals surface area contributed by atoms with Crippen LogP contribution >= 0.6 is 0 Å². The molecule has 0 aliphatic carbocycles. The maximum absolute atomic E-state index is 5.65. The van der Waals surface area contributed by atoms with E-state index < -0.39 is 0 Å². The van der Waals surface area contributed by atoms with E-state index in [0.29, 0.717) is 6.10 Å². The number of rotatable bonds is 4. The highest BCUT2D eigenvalue weighted by Crippen LogP contribution is 2.19. The molecule has 0 aromatic carbocycles. The second-order valence-corrected chi connectivity index (χ2v) is 5.07. The summed E-state index contributed by atoms with van der Waals surface area (Å²) in [5.41, 5.74) is 0. The van der Waals surface area contributed by atoms with Gasteiger partial charge in [0.2, 0.25) is 0 Å². The first kappa shape index (κ1) is 11.4. The number of hydrogen-bond donors (Lipinski definition) is 1. The van der Waals surface area contributed by atoms with Gasteiger partial charge in [-0.1, -0.05) is 12.8 Å². The lowest BCUT2D eigenvalue weighted by Crippen LogP contribution is -2.28. The minimum atomic E-state index is 0.593. The Hall–Kier alpha value is -0.0800. The lowest BCUT2D eigenvalue weighted by atomic mass is 10.0. The quantitative estimate of drug-likeness (QED) is 0.772. The van der Waals surface area contributed by atoms with Crippen molar-refractivity contribution >= 4 is 0 Å². The summed E-state index contributed by atoms with van der Waals surface area (Å²) in [6.45, 7) is 2.25. The van der Waals surface area contributed by atoms with Crippen LogP contribution in [-0.4, -0.2) is 25.3 Å². The Bertz CT molecular complexity index is 158. The number of hydrogen-bond acceptors (Lipinski definition) is 2. The van der Waals surface area contributed by atoms with Crippen molar-refractivity contribution in [2.24, 2.45) is 0 Å². The molecule has 2 aliphatic heterocycles. The third kappa shape index (κ3) is 4.12. The molecule has 15 heavy (non-hydrogen) atoms. The first-order chi connectivity index (χ1) is 7.45. The molecule has 0 radical (unpaired) electrons. The fourth-order valence-corrected chi connectivity index (χ4v) is 2.81. The van der Waals surface area contributed by atoms with Gasteiger partial charge >= 0.3 is 0 Å². The normalized spacial score (nSPS) is 32.8. The van der Waals surface area contributed by atoms with Crippen LogP contribution in [0.25, 0.3) is 0 Å². The Kier molecular flexibility index (Phi) is 4.94. The van der Waals surface area contributed by atoms with Gasteiger partial charge < -0.3 is 10.1 Å². The number of nitrogens with one attached hydrogen (secondary N) is 1. The molecule has 2 heterocycles. The predicted octanol–water partition coefficient (Wildman–Crippen LogP) is 2.87. The van der Waals surface area contributed by atoms with Crippen molar-refractivity contribution in [1.82, 2.24) is 5.32 Å². The van der Waals surface area contributed by atoms with Gasteiger partial charge in [-0.05, 0) is 51.5 Å². The van der Waals surface area contributed by atoms with Crippen molar-refractivity contribution in [1.29, 1.82) is 0 Å². The van der Waals surface area contributed by atoms with Gasteiger partial charge in [-0.15, -0.1) is 0 Å². The Balaban J connectivity index is 1.55. The summed E-state index contributed by atoms with van der Waals surface area (Å²) in [6.07, 6.45) is 12.8. The summed E-state index contributed by atoms with van der Waals surface area (Å²) in [7, 11) is 0. The van der Waals surface area contributed by atoms with E-state index in [0.717, 1.165) is 12.6 Å². The van der Waals surface area contributed by atoms with E-state index in [1.807, 2.05) is 0 Å². The van der Waals surface area contributed by atoms with Crippen molar-refractivity contribution < 1.29 is 4.74 Å². The fraction of sp³-hybridized carbons (Fsp3) is 1.00. The number of ether oxygens (including phenoxy) is 1. The molecule has 2 saturated heterocycles. The largest absolute Gasteiger partial charge is 0.378 e. The van der Waals surface area contributed by atoms with E-state index in [1.165, 1.54) is 64.3 Å². The highest BCUT2D eigenvalue weighted by Gasteiger charge is 2.16. The summed E-state index contributed by atoms with van der Waals surface area (Å²) >= 11 is 0. The summed E-state index contributed by atoms with van der Waals surface area (Å²) in [4.78, 5) is 0. The molecule has 2 heteroatoms. The van der Waals surface area contributed by atoms with Crippen molar-refractivity contribution in [2.75, 3.05) is 13.2 Å². The Labute approximate surface area is 93.8 Å². The van der Waals surface area contributed by atoms with Crippen molar-refractivity contribution in [3.8, 4) is 0 Å². The average Bonchev–Trinajstić information content (AvgIpc) is 2.62. The first-order valence-corrected chi connectivity index (χ1v) is 6.80. The molecule has 2 fully saturated rings. The van der Waals surface area contributed by atoms with Crippen molar-refractivity contribution in [3.05, 3.63) is 0 Å². The third-order valence-electron chi connectivity index (χ3n) is 3.77. The molecular formula is C13H25NO. The Morgan fingerprint density at radius 3 is 2.87 bits per heavy atom. The third-order valence-corrected chi connectivity index (χ3v) is 3.77. The molecule has 0 aromatic rings. The van der Waals surface area contributed by atoms with E-state index in [1.54, 1.807) is 0 Å². The van der Waals surface area contributed by atoms with Crippen LogP contribution in [-0.2, 0) is 4.74 Å². The molecule has 2 aliphatic rings. The summed E-state index contributed by atoms with van der Waals surface area (Å²) in [5, 5.41) is 3.67. The van der Waals surface area contributed by atoms with E-state index in [4.69, 9.17) is 4.74 Å². The molecule has 0 saturated carbocycles. The van der Waals surface area contributed by atoms with Gasteiger partial charge in [0.25, 0.3) is 0 Å². The van der Waals surface area contributed by atoms with Gasteiger partial charge in [0, 0.05) is 12.6 Å². The zero-order chi connectivity index (χ0) is 10.3. The maximum Gasteiger partial charge on any atom is 0.0576 e. The topological polar surface area (TPSA) is 21.3 Å². The minimum absolute atomic E-state index is 0.593. The second kappa shape index (κ2) is 6.49. The predicted molar refractivity (Wildman–Crippen MR) is 63.1 cm³/mol. The van der Waals surface area contributed by atoms with Crippen LogP contribution in [0.4, 0.5) is 0 Å². The van der Waals surface area contributed by atoms with Gasteiger partial charge in [-0.3, -0.25) is 0 Å². The maximum atomic E-state index is 5.65. The van der Waals surface area contributed by atoms with Crippen molar-refractivity contribution in [2.45, 2.75) is 69.9 Å². The van der Waals surface area contributed by atoms with Gasteiger partial charge in [-0.25, -0.2) is 0 Å². The second-order valence-electron chi connectivity index (χ2n) is 5.07. The van der Waals surface area contributed by atoms with E-state index in [2.05, 4.69) is 5.32 Å². The fourth-order valence-electron chi connectivity index (χ4n) is 2.81. The Morgan fingerprint density at radius 1 is 1.00 bits per heavy atom. The molecule has 1 N–H and O–H groups in total. The molecule has 0 spiro atoms. The first-order valence-electron chi connectivity index (χ1n) is 6.80. The molecule has 0 bridgehead atoms. The van der Waals surface area contributed by atoms with Crippen LogP contribution in [0.5, 0.6) is 0 Å². The van der Waals surface area contributed by atoms with Gasteiger partial charge in [-0.2, -0.15) is 0 Å². The molecule has 88 valence electrons. The average molecular weight is 211 g/mol. The van der Waals surface area contributed by atoms with E-state index in [9.17, 15) is 0 Å². The SMILES string of the molecule is C1CCNC(CCCC2CCCO2)CC1. The van der Waals surface area contributed by atoms with E-state index in [-0.39, 0.29) is 0 Å². The summed E-state index contributed by atoms with van der Waals surface area (Å²) < 4.78 is 5.65. The van der Waals surface area contributed by atoms with Crippen LogP contribution in [0.15, 0.2) is 0 Å². The van der Waals surface area contributed by atoms with Crippen molar-refractivity contribution in [3.63, 3.8) is 0 Å². The zero-order valence-electron chi connectivity index (χ0n) is 9.84. The summed E-state index contributed by atoms with van der Waals surface area (Å²) in [6, 6.07) is 0.800. The molecule has 0 amide bonds. The Morgan fingerprint density at radius 2 is 2.00 bits per heavy atom.